The molecule has 0 N–H and O–H groups in total. The Morgan fingerprint density at radius 1 is 0.403 bits per heavy atom. The van der Waals surface area contributed by atoms with E-state index in [0.29, 0.717) is 0 Å². The summed E-state index contributed by atoms with van der Waals surface area (Å²) in [4.78, 5) is 2.52. The molecule has 0 spiro atoms. The van der Waals surface area contributed by atoms with Crippen molar-refractivity contribution >= 4 is 81.3 Å². The molecule has 62 heavy (non-hydrogen) atoms. The lowest BCUT2D eigenvalue weighted by Crippen LogP contribution is -2.28. The number of benzene rings is 10. The van der Waals surface area contributed by atoms with Crippen molar-refractivity contribution in [3.63, 3.8) is 0 Å². The highest BCUT2D eigenvalue weighted by atomic mass is 32.1. The third-order valence-corrected chi connectivity index (χ3v) is 14.4. The molecule has 0 fully saturated rings. The molecule has 2 heterocycles. The number of rotatable bonds is 6. The molecule has 0 unspecified atom stereocenters. The number of para-hydroxylation sites is 1. The van der Waals surface area contributed by atoms with Crippen LogP contribution in [0, 0.1) is 0 Å². The molecule has 0 saturated heterocycles. The Balaban J connectivity index is 1.09. The molecule has 2 aromatic heterocycles. The van der Waals surface area contributed by atoms with E-state index >= 15 is 0 Å². The van der Waals surface area contributed by atoms with E-state index in [1.807, 2.05) is 11.3 Å². The third kappa shape index (κ3) is 5.03. The summed E-state index contributed by atoms with van der Waals surface area (Å²) in [7, 11) is 0. The van der Waals surface area contributed by atoms with Gasteiger partial charge in [0.25, 0.3) is 0 Å². The van der Waals surface area contributed by atoms with Gasteiger partial charge < -0.3 is 9.32 Å². The summed E-state index contributed by atoms with van der Waals surface area (Å²) in [5.74, 6) is 0. The Bertz CT molecular complexity index is 3670. The van der Waals surface area contributed by atoms with Crippen molar-refractivity contribution in [1.82, 2.24) is 0 Å². The van der Waals surface area contributed by atoms with Crippen molar-refractivity contribution in [1.29, 1.82) is 0 Å². The molecule has 290 valence electrons. The molecule has 0 saturated carbocycles. The van der Waals surface area contributed by atoms with Gasteiger partial charge in [0.05, 0.1) is 21.5 Å². The highest BCUT2D eigenvalue weighted by Crippen LogP contribution is 2.58. The van der Waals surface area contributed by atoms with Crippen LogP contribution < -0.4 is 4.90 Å². The molecule has 0 bridgehead atoms. The molecule has 0 aliphatic heterocycles. The molecule has 13 rings (SSSR count). The maximum atomic E-state index is 6.60. The van der Waals surface area contributed by atoms with Crippen LogP contribution in [0.15, 0.2) is 229 Å². The average Bonchev–Trinajstić information content (AvgIpc) is 4.01. The summed E-state index contributed by atoms with van der Waals surface area (Å²) in [6, 6.07) is 82.4. The van der Waals surface area contributed by atoms with Gasteiger partial charge in [0.15, 0.2) is 0 Å². The number of anilines is 3. The Kier molecular flexibility index (Phi) is 7.72. The molecule has 0 radical (unpaired) electrons. The highest BCUT2D eigenvalue weighted by molar-refractivity contribution is 7.26. The van der Waals surface area contributed by atoms with Crippen molar-refractivity contribution in [2.45, 2.75) is 5.41 Å². The van der Waals surface area contributed by atoms with Gasteiger partial charge in [0, 0.05) is 42.9 Å². The molecule has 1 aliphatic rings. The molecule has 1 aliphatic carbocycles. The fourth-order valence-corrected chi connectivity index (χ4v) is 11.7. The Hall–Kier alpha value is -7.72. The minimum atomic E-state index is -0.531. The van der Waals surface area contributed by atoms with Gasteiger partial charge in [-0.15, -0.1) is 11.3 Å². The van der Waals surface area contributed by atoms with Crippen LogP contribution in [-0.2, 0) is 5.41 Å². The quantitative estimate of drug-likeness (QED) is 0.166. The lowest BCUT2D eigenvalue weighted by molar-refractivity contribution is 0.672. The van der Waals surface area contributed by atoms with Crippen molar-refractivity contribution in [2.75, 3.05) is 4.90 Å². The van der Waals surface area contributed by atoms with E-state index in [0.717, 1.165) is 55.5 Å². The van der Waals surface area contributed by atoms with Crippen LogP contribution >= 0.6 is 11.3 Å². The zero-order chi connectivity index (χ0) is 40.8. The average molecular weight is 808 g/mol. The zero-order valence-electron chi connectivity index (χ0n) is 33.6. The molecular weight excluding hydrogens is 771 g/mol. The van der Waals surface area contributed by atoms with Gasteiger partial charge >= 0.3 is 0 Å². The SMILES string of the molecule is c1ccc(C2(c3ccccc3)c3ccccc3-c3ccc(N(c4ccccc4-c4ccc5oc6c7ccccc7ccc6c5c4)c4cccc5c4sc4ccccc45)cc32)cc1. The monoisotopic (exact) mass is 807 g/mol. The van der Waals surface area contributed by atoms with Gasteiger partial charge in [-0.1, -0.05) is 176 Å². The topological polar surface area (TPSA) is 16.4 Å². The van der Waals surface area contributed by atoms with Crippen molar-refractivity contribution < 1.29 is 4.42 Å². The molecule has 3 heteroatoms. The van der Waals surface area contributed by atoms with Crippen LogP contribution in [0.5, 0.6) is 0 Å². The van der Waals surface area contributed by atoms with Crippen molar-refractivity contribution in [2.24, 2.45) is 0 Å². The zero-order valence-corrected chi connectivity index (χ0v) is 34.4. The summed E-state index contributed by atoms with van der Waals surface area (Å²) in [6.45, 7) is 0. The second kappa shape index (κ2) is 13.7. The maximum Gasteiger partial charge on any atom is 0.143 e. The molecular formula is C59H37NOS. The standard InChI is InChI=1S/C59H37NOS/c1-3-17-40(18-4-1)59(41-19-5-2-6-20-41)51-26-12-9-23-45(51)46-34-32-42(37-52(46)59)60(54-28-15-25-49-47-24-11-14-29-56(47)62-58(49)54)53-27-13-10-21-43(53)39-31-35-55-50(36-39)48-33-30-38-16-7-8-22-44(38)57(48)61-55/h1-37H. The Labute approximate surface area is 363 Å². The minimum Gasteiger partial charge on any atom is -0.455 e. The van der Waals surface area contributed by atoms with E-state index in [4.69, 9.17) is 4.42 Å². The van der Waals surface area contributed by atoms with Gasteiger partial charge in [-0.05, 0) is 92.9 Å². The van der Waals surface area contributed by atoms with Crippen LogP contribution in [0.2, 0.25) is 0 Å². The first-order valence-corrected chi connectivity index (χ1v) is 22.1. The summed E-state index contributed by atoms with van der Waals surface area (Å²) in [5.41, 5.74) is 14.5. The predicted octanol–water partition coefficient (Wildman–Crippen LogP) is 16.6. The number of furan rings is 1. The lowest BCUT2D eigenvalue weighted by atomic mass is 9.67. The van der Waals surface area contributed by atoms with Crippen molar-refractivity contribution in [3.8, 4) is 22.3 Å². The van der Waals surface area contributed by atoms with E-state index in [2.05, 4.69) is 229 Å². The molecule has 10 aromatic carbocycles. The van der Waals surface area contributed by atoms with E-state index in [9.17, 15) is 0 Å². The fraction of sp³-hybridized carbons (Fsp3) is 0.0169. The Morgan fingerprint density at radius 3 is 1.90 bits per heavy atom. The number of nitrogens with zero attached hydrogens (tertiary/aromatic N) is 1. The second-order valence-electron chi connectivity index (χ2n) is 16.3. The molecule has 12 aromatic rings. The number of thiophene rings is 1. The van der Waals surface area contributed by atoms with Crippen molar-refractivity contribution in [3.05, 3.63) is 247 Å². The van der Waals surface area contributed by atoms with Gasteiger partial charge in [0.1, 0.15) is 11.2 Å². The molecule has 2 nitrogen and oxygen atoms in total. The fourth-order valence-electron chi connectivity index (χ4n) is 10.5. The van der Waals surface area contributed by atoms with Gasteiger partial charge in [0.2, 0.25) is 0 Å². The van der Waals surface area contributed by atoms with E-state index in [-0.39, 0.29) is 0 Å². The van der Waals surface area contributed by atoms with E-state index in [1.54, 1.807) is 0 Å². The first kappa shape index (κ1) is 35.1. The van der Waals surface area contributed by atoms with Crippen LogP contribution in [0.4, 0.5) is 17.1 Å². The second-order valence-corrected chi connectivity index (χ2v) is 17.4. The van der Waals surface area contributed by atoms with Crippen LogP contribution in [-0.4, -0.2) is 0 Å². The first-order chi connectivity index (χ1) is 30.8. The summed E-state index contributed by atoms with van der Waals surface area (Å²) in [6.07, 6.45) is 0. The largest absolute Gasteiger partial charge is 0.455 e. The number of fused-ring (bicyclic) bond motifs is 11. The number of hydrogen-bond acceptors (Lipinski definition) is 3. The smallest absolute Gasteiger partial charge is 0.143 e. The molecule has 0 amide bonds. The van der Waals surface area contributed by atoms with Gasteiger partial charge in [-0.25, -0.2) is 0 Å². The summed E-state index contributed by atoms with van der Waals surface area (Å²) >= 11 is 1.87. The van der Waals surface area contributed by atoms with E-state index in [1.165, 1.54) is 58.9 Å². The van der Waals surface area contributed by atoms with Gasteiger partial charge in [-0.3, -0.25) is 0 Å². The van der Waals surface area contributed by atoms with Gasteiger partial charge in [-0.2, -0.15) is 0 Å². The van der Waals surface area contributed by atoms with Crippen LogP contribution in [0.25, 0.3) is 75.1 Å². The maximum absolute atomic E-state index is 6.60. The Morgan fingerprint density at radius 2 is 1.06 bits per heavy atom. The minimum absolute atomic E-state index is 0.531. The van der Waals surface area contributed by atoms with Crippen LogP contribution in [0.3, 0.4) is 0 Å². The first-order valence-electron chi connectivity index (χ1n) is 21.2. The normalized spacial score (nSPS) is 13.0. The summed E-state index contributed by atoms with van der Waals surface area (Å²) in [5, 5.41) is 7.09. The lowest BCUT2D eigenvalue weighted by Gasteiger charge is -2.35. The highest BCUT2D eigenvalue weighted by Gasteiger charge is 2.46. The van der Waals surface area contributed by atoms with E-state index < -0.39 is 5.41 Å². The third-order valence-electron chi connectivity index (χ3n) is 13.1. The number of hydrogen-bond donors (Lipinski definition) is 0. The molecule has 0 atom stereocenters. The summed E-state index contributed by atoms with van der Waals surface area (Å²) < 4.78 is 9.14. The predicted molar refractivity (Wildman–Crippen MR) is 262 cm³/mol. The van der Waals surface area contributed by atoms with Crippen LogP contribution in [0.1, 0.15) is 22.3 Å².